The van der Waals surface area contributed by atoms with Crippen LogP contribution in [0, 0.1) is 13.8 Å². The fraction of sp³-hybridized carbons (Fsp3) is 0.250. The van der Waals surface area contributed by atoms with Gasteiger partial charge in [-0.15, -0.1) is 11.3 Å². The first-order valence-electron chi connectivity index (χ1n) is 7.16. The molecule has 0 saturated carbocycles. The predicted octanol–water partition coefficient (Wildman–Crippen LogP) is 3.30. The van der Waals surface area contributed by atoms with Crippen molar-refractivity contribution in [3.8, 4) is 11.3 Å². The largest absolute Gasteiger partial charge is 0.361 e. The van der Waals surface area contributed by atoms with Crippen molar-refractivity contribution in [3.05, 3.63) is 51.9 Å². The van der Waals surface area contributed by atoms with Crippen molar-refractivity contribution in [2.24, 2.45) is 0 Å². The van der Waals surface area contributed by atoms with Gasteiger partial charge in [-0.1, -0.05) is 5.16 Å². The number of amides is 1. The van der Waals surface area contributed by atoms with E-state index in [1.54, 1.807) is 26.2 Å². The quantitative estimate of drug-likeness (QED) is 0.794. The average molecular weight is 328 g/mol. The minimum absolute atomic E-state index is 0.202. The van der Waals surface area contributed by atoms with E-state index in [-0.39, 0.29) is 11.9 Å². The molecule has 3 aromatic rings. The molecule has 0 aromatic carbocycles. The Bertz CT molecular complexity index is 806. The first-order chi connectivity index (χ1) is 11.1. The second-order valence-electron chi connectivity index (χ2n) is 5.21. The van der Waals surface area contributed by atoms with E-state index in [0.29, 0.717) is 17.0 Å². The normalized spacial score (nSPS) is 12.1. The van der Waals surface area contributed by atoms with Crippen LogP contribution in [0.25, 0.3) is 11.3 Å². The number of nitrogens with one attached hydrogen (secondary N) is 1. The van der Waals surface area contributed by atoms with Crippen molar-refractivity contribution in [2.45, 2.75) is 26.8 Å². The predicted molar refractivity (Wildman–Crippen MR) is 87.2 cm³/mol. The van der Waals surface area contributed by atoms with Gasteiger partial charge in [0.1, 0.15) is 16.3 Å². The van der Waals surface area contributed by atoms with Crippen LogP contribution in [0.1, 0.15) is 39.8 Å². The highest BCUT2D eigenvalue weighted by atomic mass is 32.1. The average Bonchev–Trinajstić information content (AvgIpc) is 3.15. The van der Waals surface area contributed by atoms with E-state index in [1.807, 2.05) is 24.4 Å². The standard InChI is InChI=1S/C16H16N4O2S/c1-9-14(11(3)22-20-9)15(21)18-10(2)16-19-13(8-23-16)12-5-4-6-17-7-12/h4-8,10H,1-3H3,(H,18,21)/t10-/m1/s1. The van der Waals surface area contributed by atoms with Crippen LogP contribution in [0.5, 0.6) is 0 Å². The summed E-state index contributed by atoms with van der Waals surface area (Å²) in [5.41, 5.74) is 2.89. The Morgan fingerprint density at radius 1 is 1.39 bits per heavy atom. The van der Waals surface area contributed by atoms with Crippen LogP contribution in [0.4, 0.5) is 0 Å². The van der Waals surface area contributed by atoms with Crippen LogP contribution in [0.2, 0.25) is 0 Å². The van der Waals surface area contributed by atoms with Crippen molar-refractivity contribution >= 4 is 17.2 Å². The Labute approximate surface area is 137 Å². The van der Waals surface area contributed by atoms with Crippen molar-refractivity contribution in [1.29, 1.82) is 0 Å². The van der Waals surface area contributed by atoms with Crippen molar-refractivity contribution in [2.75, 3.05) is 0 Å². The number of hydrogen-bond donors (Lipinski definition) is 1. The fourth-order valence-corrected chi connectivity index (χ4v) is 3.11. The molecule has 0 aliphatic carbocycles. The molecule has 7 heteroatoms. The number of carbonyl (C=O) groups excluding carboxylic acids is 1. The SMILES string of the molecule is Cc1noc(C)c1C(=O)N[C@H](C)c1nc(-c2cccnc2)cs1. The maximum Gasteiger partial charge on any atom is 0.257 e. The molecule has 0 aliphatic rings. The van der Waals surface area contributed by atoms with Gasteiger partial charge in [0.15, 0.2) is 0 Å². The van der Waals surface area contributed by atoms with Crippen LogP contribution < -0.4 is 5.32 Å². The lowest BCUT2D eigenvalue weighted by Crippen LogP contribution is -2.27. The van der Waals surface area contributed by atoms with Gasteiger partial charge in [-0.2, -0.15) is 0 Å². The molecule has 0 fully saturated rings. The van der Waals surface area contributed by atoms with Crippen molar-refractivity contribution in [3.63, 3.8) is 0 Å². The molecule has 0 radical (unpaired) electrons. The van der Waals surface area contributed by atoms with Gasteiger partial charge in [0.2, 0.25) is 0 Å². The molecule has 118 valence electrons. The van der Waals surface area contributed by atoms with Crippen LogP contribution >= 0.6 is 11.3 Å². The summed E-state index contributed by atoms with van der Waals surface area (Å²) in [5.74, 6) is 0.314. The maximum absolute atomic E-state index is 12.4. The molecular weight excluding hydrogens is 312 g/mol. The smallest absolute Gasteiger partial charge is 0.257 e. The van der Waals surface area contributed by atoms with E-state index in [2.05, 4.69) is 20.4 Å². The number of aryl methyl sites for hydroxylation is 2. The third kappa shape index (κ3) is 3.14. The summed E-state index contributed by atoms with van der Waals surface area (Å²) < 4.78 is 5.03. The molecule has 6 nitrogen and oxygen atoms in total. The van der Waals surface area contributed by atoms with Crippen LogP contribution in [-0.2, 0) is 0 Å². The first-order valence-corrected chi connectivity index (χ1v) is 8.03. The highest BCUT2D eigenvalue weighted by molar-refractivity contribution is 7.10. The molecule has 3 heterocycles. The number of hydrogen-bond acceptors (Lipinski definition) is 6. The van der Waals surface area contributed by atoms with Crippen LogP contribution in [0.3, 0.4) is 0 Å². The Hall–Kier alpha value is -2.54. The molecular formula is C16H16N4O2S. The second-order valence-corrected chi connectivity index (χ2v) is 6.10. The van der Waals surface area contributed by atoms with E-state index in [4.69, 9.17) is 4.52 Å². The molecule has 1 atom stereocenters. The third-order valence-electron chi connectivity index (χ3n) is 3.46. The molecule has 0 spiro atoms. The molecule has 1 N–H and O–H groups in total. The summed E-state index contributed by atoms with van der Waals surface area (Å²) in [6, 6.07) is 3.63. The molecule has 0 aliphatic heterocycles. The number of thiazole rings is 1. The number of aromatic nitrogens is 3. The van der Waals surface area contributed by atoms with Gasteiger partial charge in [0.25, 0.3) is 5.91 Å². The van der Waals surface area contributed by atoms with Crippen molar-refractivity contribution in [1.82, 2.24) is 20.4 Å². The molecule has 3 aromatic heterocycles. The monoisotopic (exact) mass is 328 g/mol. The number of rotatable bonds is 4. The lowest BCUT2D eigenvalue weighted by Gasteiger charge is -2.10. The van der Waals surface area contributed by atoms with E-state index in [1.165, 1.54) is 11.3 Å². The zero-order chi connectivity index (χ0) is 16.4. The lowest BCUT2D eigenvalue weighted by atomic mass is 10.2. The lowest BCUT2D eigenvalue weighted by molar-refractivity contribution is 0.0938. The molecule has 23 heavy (non-hydrogen) atoms. The zero-order valence-corrected chi connectivity index (χ0v) is 13.8. The Balaban J connectivity index is 1.75. The van der Waals surface area contributed by atoms with Gasteiger partial charge in [-0.3, -0.25) is 9.78 Å². The fourth-order valence-electron chi connectivity index (χ4n) is 2.27. The van der Waals surface area contributed by atoms with Crippen molar-refractivity contribution < 1.29 is 9.32 Å². The molecule has 0 saturated heterocycles. The van der Waals surface area contributed by atoms with Crippen LogP contribution in [0.15, 0.2) is 34.4 Å². The van der Waals surface area contributed by atoms with Gasteiger partial charge in [-0.05, 0) is 32.9 Å². The van der Waals surface area contributed by atoms with Gasteiger partial charge >= 0.3 is 0 Å². The highest BCUT2D eigenvalue weighted by Gasteiger charge is 2.21. The zero-order valence-electron chi connectivity index (χ0n) is 13.0. The summed E-state index contributed by atoms with van der Waals surface area (Å²) in [6.07, 6.45) is 3.50. The molecule has 0 unspecified atom stereocenters. The second kappa shape index (κ2) is 6.29. The van der Waals surface area contributed by atoms with Gasteiger partial charge in [0, 0.05) is 23.3 Å². The maximum atomic E-state index is 12.4. The summed E-state index contributed by atoms with van der Waals surface area (Å²) in [7, 11) is 0. The number of nitrogens with zero attached hydrogens (tertiary/aromatic N) is 3. The summed E-state index contributed by atoms with van der Waals surface area (Å²) in [5, 5.41) is 9.54. The minimum Gasteiger partial charge on any atom is -0.361 e. The Morgan fingerprint density at radius 2 is 2.22 bits per heavy atom. The van der Waals surface area contributed by atoms with Gasteiger partial charge < -0.3 is 9.84 Å². The van der Waals surface area contributed by atoms with E-state index < -0.39 is 0 Å². The third-order valence-corrected chi connectivity index (χ3v) is 4.49. The highest BCUT2D eigenvalue weighted by Crippen LogP contribution is 2.25. The summed E-state index contributed by atoms with van der Waals surface area (Å²) in [4.78, 5) is 21.0. The number of pyridine rings is 1. The van der Waals surface area contributed by atoms with Gasteiger partial charge in [-0.25, -0.2) is 4.98 Å². The molecule has 0 bridgehead atoms. The van der Waals surface area contributed by atoms with E-state index in [0.717, 1.165) is 16.3 Å². The van der Waals surface area contributed by atoms with Crippen LogP contribution in [-0.4, -0.2) is 21.0 Å². The van der Waals surface area contributed by atoms with E-state index in [9.17, 15) is 4.79 Å². The topological polar surface area (TPSA) is 80.9 Å². The molecule has 3 rings (SSSR count). The Morgan fingerprint density at radius 3 is 2.87 bits per heavy atom. The molecule has 1 amide bonds. The van der Waals surface area contributed by atoms with Gasteiger partial charge in [0.05, 0.1) is 17.4 Å². The summed E-state index contributed by atoms with van der Waals surface area (Å²) in [6.45, 7) is 5.38. The Kier molecular flexibility index (Phi) is 4.20. The number of carbonyl (C=O) groups is 1. The summed E-state index contributed by atoms with van der Waals surface area (Å²) >= 11 is 1.51. The first kappa shape index (κ1) is 15.4. The van der Waals surface area contributed by atoms with E-state index >= 15 is 0 Å². The minimum atomic E-state index is -0.202.